The number of sulfonamides is 1. The van der Waals surface area contributed by atoms with Gasteiger partial charge in [-0.1, -0.05) is 30.3 Å². The van der Waals surface area contributed by atoms with Crippen LogP contribution in [0.4, 0.5) is 0 Å². The minimum absolute atomic E-state index is 0.229. The van der Waals surface area contributed by atoms with E-state index in [0.29, 0.717) is 39.1 Å². The highest BCUT2D eigenvalue weighted by Gasteiger charge is 2.31. The van der Waals surface area contributed by atoms with E-state index in [1.54, 1.807) is 11.0 Å². The van der Waals surface area contributed by atoms with Gasteiger partial charge in [-0.05, 0) is 24.5 Å². The van der Waals surface area contributed by atoms with Crippen LogP contribution in [0.3, 0.4) is 0 Å². The third-order valence-electron chi connectivity index (χ3n) is 5.08. The summed E-state index contributed by atoms with van der Waals surface area (Å²) in [7, 11) is -3.54. The van der Waals surface area contributed by atoms with E-state index < -0.39 is 21.9 Å². The van der Waals surface area contributed by atoms with E-state index in [1.165, 1.54) is 9.71 Å². The molecule has 1 amide bonds. The largest absolute Gasteiger partial charge is 0.455 e. The summed E-state index contributed by atoms with van der Waals surface area (Å²) in [5.74, 6) is -1.06. The fraction of sp³-hybridized carbons (Fsp3) is 0.500. The van der Waals surface area contributed by atoms with Crippen molar-refractivity contribution in [2.24, 2.45) is 5.92 Å². The lowest BCUT2D eigenvalue weighted by Crippen LogP contribution is -2.43. The first kappa shape index (κ1) is 21.5. The van der Waals surface area contributed by atoms with Crippen molar-refractivity contribution in [3.8, 4) is 0 Å². The molecule has 0 unspecified atom stereocenters. The third kappa shape index (κ3) is 6.12. The molecule has 0 atom stereocenters. The van der Waals surface area contributed by atoms with Crippen LogP contribution in [0.15, 0.2) is 35.7 Å². The quantitative estimate of drug-likeness (QED) is 0.638. The number of carbonyl (C=O) groups excluding carboxylic acids is 2. The van der Waals surface area contributed by atoms with Gasteiger partial charge in [0.25, 0.3) is 5.91 Å². The number of hydrogen-bond acceptors (Lipinski definition) is 6. The molecule has 2 fully saturated rings. The normalized spacial score (nSPS) is 19.4. The van der Waals surface area contributed by atoms with Crippen molar-refractivity contribution in [2.45, 2.75) is 12.8 Å². The summed E-state index contributed by atoms with van der Waals surface area (Å²) in [4.78, 5) is 25.9. The molecule has 0 bridgehead atoms. The molecule has 8 nitrogen and oxygen atoms in total. The lowest BCUT2D eigenvalue weighted by Gasteiger charge is -2.29. The second-order valence-electron chi connectivity index (χ2n) is 7.03. The molecule has 158 valence electrons. The second kappa shape index (κ2) is 10.00. The second-order valence-corrected chi connectivity index (χ2v) is 8.85. The average molecular weight is 423 g/mol. The van der Waals surface area contributed by atoms with Gasteiger partial charge >= 0.3 is 5.97 Å². The first-order valence-electron chi connectivity index (χ1n) is 9.71. The number of amides is 1. The number of carbonyl (C=O) groups is 2. The molecule has 1 aromatic carbocycles. The van der Waals surface area contributed by atoms with Crippen LogP contribution in [0.1, 0.15) is 18.4 Å². The lowest BCUT2D eigenvalue weighted by molar-refractivity contribution is -0.157. The monoisotopic (exact) mass is 422 g/mol. The van der Waals surface area contributed by atoms with Gasteiger partial charge < -0.3 is 14.4 Å². The molecule has 2 aliphatic rings. The molecule has 29 heavy (non-hydrogen) atoms. The zero-order chi connectivity index (χ0) is 20.7. The summed E-state index contributed by atoms with van der Waals surface area (Å²) >= 11 is 0. The molecular formula is C20H26N2O6S. The van der Waals surface area contributed by atoms with Gasteiger partial charge in [0.2, 0.25) is 10.0 Å². The molecule has 0 aromatic heterocycles. The Hall–Kier alpha value is -2.23. The van der Waals surface area contributed by atoms with Gasteiger partial charge in [0.1, 0.15) is 0 Å². The van der Waals surface area contributed by atoms with E-state index in [4.69, 9.17) is 9.47 Å². The van der Waals surface area contributed by atoms with Gasteiger partial charge in [-0.25, -0.2) is 8.42 Å². The van der Waals surface area contributed by atoms with Crippen LogP contribution in [0.25, 0.3) is 6.08 Å². The minimum Gasteiger partial charge on any atom is -0.455 e. The Labute approximate surface area is 171 Å². The van der Waals surface area contributed by atoms with Gasteiger partial charge in [0.05, 0.1) is 19.1 Å². The Kier molecular flexibility index (Phi) is 7.40. The van der Waals surface area contributed by atoms with Crippen molar-refractivity contribution in [1.82, 2.24) is 9.21 Å². The van der Waals surface area contributed by atoms with E-state index in [0.717, 1.165) is 5.56 Å². The van der Waals surface area contributed by atoms with Crippen molar-refractivity contribution in [1.29, 1.82) is 0 Å². The molecule has 3 rings (SSSR count). The fourth-order valence-electron chi connectivity index (χ4n) is 3.32. The van der Waals surface area contributed by atoms with Crippen molar-refractivity contribution in [2.75, 3.05) is 46.0 Å². The molecule has 2 saturated heterocycles. The third-order valence-corrected chi connectivity index (χ3v) is 6.65. The van der Waals surface area contributed by atoms with Gasteiger partial charge in [-0.2, -0.15) is 4.31 Å². The SMILES string of the molecule is O=C(OCC(=O)N1CCOCC1)C1CCN(S(=O)(=O)/C=C/c2ccccc2)CC1. The molecule has 0 radical (unpaired) electrons. The molecule has 0 N–H and O–H groups in total. The molecule has 0 saturated carbocycles. The van der Waals surface area contributed by atoms with Crippen molar-refractivity contribution in [3.05, 3.63) is 41.3 Å². The Balaban J connectivity index is 1.45. The molecule has 0 spiro atoms. The summed E-state index contributed by atoms with van der Waals surface area (Å²) in [6.07, 6.45) is 2.32. The van der Waals surface area contributed by atoms with Crippen LogP contribution >= 0.6 is 0 Å². The number of morpholine rings is 1. The number of ether oxygens (including phenoxy) is 2. The summed E-state index contributed by atoms with van der Waals surface area (Å²) in [6, 6.07) is 9.20. The van der Waals surface area contributed by atoms with E-state index in [9.17, 15) is 18.0 Å². The lowest BCUT2D eigenvalue weighted by atomic mass is 9.98. The van der Waals surface area contributed by atoms with Gasteiger partial charge in [-0.3, -0.25) is 9.59 Å². The Morgan fingerprint density at radius 3 is 2.38 bits per heavy atom. The van der Waals surface area contributed by atoms with Crippen LogP contribution in [0.2, 0.25) is 0 Å². The fourth-order valence-corrected chi connectivity index (χ4v) is 4.54. The first-order chi connectivity index (χ1) is 14.0. The van der Waals surface area contributed by atoms with Gasteiger partial charge in [0, 0.05) is 31.6 Å². The van der Waals surface area contributed by atoms with Crippen molar-refractivity contribution >= 4 is 28.0 Å². The molecule has 1 aromatic rings. The van der Waals surface area contributed by atoms with Crippen LogP contribution in [-0.2, 0) is 29.1 Å². The molecule has 2 aliphatic heterocycles. The predicted molar refractivity (Wildman–Crippen MR) is 107 cm³/mol. The average Bonchev–Trinajstić information content (AvgIpc) is 2.77. The summed E-state index contributed by atoms with van der Waals surface area (Å²) in [5.41, 5.74) is 0.805. The maximum Gasteiger partial charge on any atom is 0.309 e. The summed E-state index contributed by atoms with van der Waals surface area (Å²) in [6.45, 7) is 2.21. The van der Waals surface area contributed by atoms with Gasteiger partial charge in [-0.15, -0.1) is 0 Å². The first-order valence-corrected chi connectivity index (χ1v) is 11.2. The van der Waals surface area contributed by atoms with Crippen LogP contribution in [0.5, 0.6) is 0 Å². The van der Waals surface area contributed by atoms with E-state index in [-0.39, 0.29) is 25.6 Å². The minimum atomic E-state index is -3.54. The van der Waals surface area contributed by atoms with Gasteiger partial charge in [0.15, 0.2) is 6.61 Å². The number of rotatable bonds is 6. The van der Waals surface area contributed by atoms with E-state index >= 15 is 0 Å². The summed E-state index contributed by atoms with van der Waals surface area (Å²) < 4.78 is 36.7. The number of piperidine rings is 1. The Morgan fingerprint density at radius 1 is 1.07 bits per heavy atom. The number of nitrogens with zero attached hydrogens (tertiary/aromatic N) is 2. The summed E-state index contributed by atoms with van der Waals surface area (Å²) in [5, 5.41) is 1.20. The molecule has 2 heterocycles. The van der Waals surface area contributed by atoms with Crippen molar-refractivity contribution < 1.29 is 27.5 Å². The number of hydrogen-bond donors (Lipinski definition) is 0. The van der Waals surface area contributed by atoms with Crippen LogP contribution in [0, 0.1) is 5.92 Å². The molecule has 0 aliphatic carbocycles. The zero-order valence-electron chi connectivity index (χ0n) is 16.2. The highest BCUT2D eigenvalue weighted by molar-refractivity contribution is 7.92. The highest BCUT2D eigenvalue weighted by Crippen LogP contribution is 2.22. The Morgan fingerprint density at radius 2 is 1.72 bits per heavy atom. The molecule has 9 heteroatoms. The standard InChI is InChI=1S/C20H26N2O6S/c23-19(21-11-13-27-14-12-21)16-28-20(24)18-6-9-22(10-7-18)29(25,26)15-8-17-4-2-1-3-5-17/h1-5,8,15,18H,6-7,9-14,16H2/b15-8+. The topological polar surface area (TPSA) is 93.2 Å². The Bertz CT molecular complexity index is 826. The van der Waals surface area contributed by atoms with Crippen molar-refractivity contribution in [3.63, 3.8) is 0 Å². The van der Waals surface area contributed by atoms with Crippen LogP contribution in [-0.4, -0.2) is 75.5 Å². The predicted octanol–water partition coefficient (Wildman–Crippen LogP) is 1.10. The maximum atomic E-state index is 12.5. The van der Waals surface area contributed by atoms with E-state index in [1.807, 2.05) is 30.3 Å². The molecular weight excluding hydrogens is 396 g/mol. The number of benzene rings is 1. The highest BCUT2D eigenvalue weighted by atomic mass is 32.2. The smallest absolute Gasteiger partial charge is 0.309 e. The maximum absolute atomic E-state index is 12.5. The number of esters is 1. The van der Waals surface area contributed by atoms with Crippen LogP contribution < -0.4 is 0 Å². The zero-order valence-corrected chi connectivity index (χ0v) is 17.1. The van der Waals surface area contributed by atoms with E-state index in [2.05, 4.69) is 0 Å².